The van der Waals surface area contributed by atoms with Gasteiger partial charge >= 0.3 is 0 Å². The van der Waals surface area contributed by atoms with E-state index in [1.807, 2.05) is 30.8 Å². The molecule has 0 bridgehead atoms. The monoisotopic (exact) mass is 288 g/mol. The van der Waals surface area contributed by atoms with E-state index in [2.05, 4.69) is 27.5 Å². The second kappa shape index (κ2) is 5.66. The zero-order valence-electron chi connectivity index (χ0n) is 11.2. The van der Waals surface area contributed by atoms with Crippen LogP contribution in [0.2, 0.25) is 0 Å². The highest BCUT2D eigenvalue weighted by Crippen LogP contribution is 2.35. The highest BCUT2D eigenvalue weighted by atomic mass is 32.2. The van der Waals surface area contributed by atoms with Gasteiger partial charge in [0.1, 0.15) is 18.7 Å². The predicted molar refractivity (Wildman–Crippen MR) is 77.4 cm³/mol. The number of hydrogen-bond donors (Lipinski definition) is 1. The zero-order chi connectivity index (χ0) is 13.9. The summed E-state index contributed by atoms with van der Waals surface area (Å²) >= 11 is 1.85. The standard InChI is InChI=1S/C14H16N4OS/c1-10(18-9-15-8-16-18)14(19)17-12-6-7-20-13-5-3-2-4-11(12)13/h2-5,8-10,12H,6-7H2,1H3,(H,17,19)/t10-,12+/m1/s1. The van der Waals surface area contributed by atoms with E-state index >= 15 is 0 Å². The molecular formula is C14H16N4OS. The van der Waals surface area contributed by atoms with E-state index in [4.69, 9.17) is 0 Å². The summed E-state index contributed by atoms with van der Waals surface area (Å²) in [5.74, 6) is 1.00. The van der Waals surface area contributed by atoms with E-state index in [0.717, 1.165) is 12.2 Å². The van der Waals surface area contributed by atoms with Gasteiger partial charge in [0.2, 0.25) is 5.91 Å². The molecule has 1 aliphatic rings. The number of nitrogens with zero attached hydrogens (tertiary/aromatic N) is 3. The molecule has 1 N–H and O–H groups in total. The van der Waals surface area contributed by atoms with Gasteiger partial charge in [0.15, 0.2) is 0 Å². The first kappa shape index (κ1) is 13.2. The van der Waals surface area contributed by atoms with Gasteiger partial charge in [0.05, 0.1) is 6.04 Å². The van der Waals surface area contributed by atoms with Crippen LogP contribution in [0.5, 0.6) is 0 Å². The molecule has 2 aromatic rings. The number of hydrogen-bond acceptors (Lipinski definition) is 4. The second-order valence-corrected chi connectivity index (χ2v) is 5.92. The van der Waals surface area contributed by atoms with Gasteiger partial charge < -0.3 is 5.32 Å². The first-order valence-electron chi connectivity index (χ1n) is 6.62. The quantitative estimate of drug-likeness (QED) is 0.940. The highest BCUT2D eigenvalue weighted by molar-refractivity contribution is 7.99. The molecule has 1 aliphatic heterocycles. The summed E-state index contributed by atoms with van der Waals surface area (Å²) in [6.45, 7) is 1.83. The lowest BCUT2D eigenvalue weighted by Gasteiger charge is -2.27. The van der Waals surface area contributed by atoms with E-state index in [9.17, 15) is 4.79 Å². The van der Waals surface area contributed by atoms with Crippen LogP contribution >= 0.6 is 11.8 Å². The molecule has 0 radical (unpaired) electrons. The Morgan fingerprint density at radius 2 is 2.35 bits per heavy atom. The van der Waals surface area contributed by atoms with Crippen LogP contribution in [-0.4, -0.2) is 26.4 Å². The van der Waals surface area contributed by atoms with Gasteiger partial charge in [-0.1, -0.05) is 18.2 Å². The summed E-state index contributed by atoms with van der Waals surface area (Å²) in [5, 5.41) is 7.14. The SMILES string of the molecule is C[C@H](C(=O)N[C@H]1CCSc2ccccc21)n1cncn1. The van der Waals surface area contributed by atoms with E-state index in [1.165, 1.54) is 16.8 Å². The molecule has 5 nitrogen and oxygen atoms in total. The van der Waals surface area contributed by atoms with Crippen LogP contribution in [0, 0.1) is 0 Å². The van der Waals surface area contributed by atoms with Crippen LogP contribution in [0.25, 0.3) is 0 Å². The molecular weight excluding hydrogens is 272 g/mol. The molecule has 0 unspecified atom stereocenters. The molecule has 1 aromatic carbocycles. The van der Waals surface area contributed by atoms with Crippen molar-refractivity contribution in [2.45, 2.75) is 30.3 Å². The molecule has 0 aliphatic carbocycles. The van der Waals surface area contributed by atoms with Crippen molar-refractivity contribution in [1.82, 2.24) is 20.1 Å². The predicted octanol–water partition coefficient (Wildman–Crippen LogP) is 2.19. The number of amides is 1. The normalized spacial score (nSPS) is 19.1. The van der Waals surface area contributed by atoms with Crippen LogP contribution in [0.1, 0.15) is 31.0 Å². The average molecular weight is 288 g/mol. The molecule has 0 saturated heterocycles. The summed E-state index contributed by atoms with van der Waals surface area (Å²) in [6, 6.07) is 8.00. The Morgan fingerprint density at radius 3 is 3.15 bits per heavy atom. The van der Waals surface area contributed by atoms with Gasteiger partial charge in [-0.05, 0) is 25.0 Å². The molecule has 0 spiro atoms. The molecule has 3 rings (SSSR count). The van der Waals surface area contributed by atoms with Crippen molar-refractivity contribution >= 4 is 17.7 Å². The number of aromatic nitrogens is 3. The van der Waals surface area contributed by atoms with Gasteiger partial charge in [-0.15, -0.1) is 11.8 Å². The summed E-state index contributed by atoms with van der Waals surface area (Å²) in [6.07, 6.45) is 3.96. The minimum atomic E-state index is -0.348. The van der Waals surface area contributed by atoms with Gasteiger partial charge in [-0.2, -0.15) is 5.10 Å². The summed E-state index contributed by atoms with van der Waals surface area (Å²) in [4.78, 5) is 17.5. The van der Waals surface area contributed by atoms with Crippen LogP contribution in [0.4, 0.5) is 0 Å². The Bertz CT molecular complexity index is 599. The highest BCUT2D eigenvalue weighted by Gasteiger charge is 2.24. The maximum Gasteiger partial charge on any atom is 0.245 e. The molecule has 0 fully saturated rings. The second-order valence-electron chi connectivity index (χ2n) is 4.79. The molecule has 2 heterocycles. The first-order valence-corrected chi connectivity index (χ1v) is 7.60. The van der Waals surface area contributed by atoms with Crippen molar-refractivity contribution in [1.29, 1.82) is 0 Å². The lowest BCUT2D eigenvalue weighted by atomic mass is 10.0. The lowest BCUT2D eigenvalue weighted by Crippen LogP contribution is -2.35. The van der Waals surface area contributed by atoms with Crippen molar-refractivity contribution in [2.24, 2.45) is 0 Å². The topological polar surface area (TPSA) is 59.8 Å². The molecule has 104 valence electrons. The fraction of sp³-hybridized carbons (Fsp3) is 0.357. The Kier molecular flexibility index (Phi) is 3.73. The van der Waals surface area contributed by atoms with E-state index < -0.39 is 0 Å². The number of nitrogens with one attached hydrogen (secondary N) is 1. The number of fused-ring (bicyclic) bond motifs is 1. The van der Waals surface area contributed by atoms with Crippen LogP contribution < -0.4 is 5.32 Å². The molecule has 2 atom stereocenters. The van der Waals surface area contributed by atoms with E-state index in [-0.39, 0.29) is 18.0 Å². The number of benzene rings is 1. The number of rotatable bonds is 3. The smallest absolute Gasteiger partial charge is 0.245 e. The summed E-state index contributed by atoms with van der Waals surface area (Å²) in [5.41, 5.74) is 1.21. The Labute approximate surface area is 121 Å². The van der Waals surface area contributed by atoms with E-state index in [0.29, 0.717) is 0 Å². The van der Waals surface area contributed by atoms with Gasteiger partial charge in [-0.3, -0.25) is 4.79 Å². The largest absolute Gasteiger partial charge is 0.347 e. The van der Waals surface area contributed by atoms with Gasteiger partial charge in [0.25, 0.3) is 0 Å². The summed E-state index contributed by atoms with van der Waals surface area (Å²) < 4.78 is 1.57. The number of carbonyl (C=O) groups excluding carboxylic acids is 1. The zero-order valence-corrected chi connectivity index (χ0v) is 12.0. The van der Waals surface area contributed by atoms with Gasteiger partial charge in [0, 0.05) is 10.6 Å². The molecule has 1 aromatic heterocycles. The van der Waals surface area contributed by atoms with Crippen molar-refractivity contribution in [3.8, 4) is 0 Å². The fourth-order valence-corrected chi connectivity index (χ4v) is 3.45. The minimum Gasteiger partial charge on any atom is -0.347 e. The third kappa shape index (κ3) is 2.56. The molecule has 6 heteroatoms. The van der Waals surface area contributed by atoms with Crippen molar-refractivity contribution in [2.75, 3.05) is 5.75 Å². The van der Waals surface area contributed by atoms with Crippen LogP contribution in [0.3, 0.4) is 0 Å². The Morgan fingerprint density at radius 1 is 1.50 bits per heavy atom. The maximum absolute atomic E-state index is 12.3. The van der Waals surface area contributed by atoms with Crippen molar-refractivity contribution in [3.63, 3.8) is 0 Å². The summed E-state index contributed by atoms with van der Waals surface area (Å²) in [7, 11) is 0. The Hall–Kier alpha value is -1.82. The van der Waals surface area contributed by atoms with Crippen molar-refractivity contribution < 1.29 is 4.79 Å². The Balaban J connectivity index is 1.74. The molecule has 1 amide bonds. The van der Waals surface area contributed by atoms with Crippen LogP contribution in [-0.2, 0) is 4.79 Å². The van der Waals surface area contributed by atoms with Gasteiger partial charge in [-0.25, -0.2) is 9.67 Å². The fourth-order valence-electron chi connectivity index (χ4n) is 2.32. The van der Waals surface area contributed by atoms with Crippen molar-refractivity contribution in [3.05, 3.63) is 42.5 Å². The third-order valence-electron chi connectivity index (χ3n) is 3.49. The van der Waals surface area contributed by atoms with Crippen LogP contribution in [0.15, 0.2) is 41.8 Å². The lowest BCUT2D eigenvalue weighted by molar-refractivity contribution is -0.125. The average Bonchev–Trinajstić information content (AvgIpc) is 3.01. The first-order chi connectivity index (χ1) is 9.75. The number of thioether (sulfide) groups is 1. The minimum absolute atomic E-state index is 0.0257. The third-order valence-corrected chi connectivity index (χ3v) is 4.61. The molecule has 20 heavy (non-hydrogen) atoms. The van der Waals surface area contributed by atoms with E-state index in [1.54, 1.807) is 11.0 Å². The molecule has 0 saturated carbocycles. The number of carbonyl (C=O) groups is 1. The maximum atomic E-state index is 12.3.